The van der Waals surface area contributed by atoms with Crippen molar-refractivity contribution in [2.75, 3.05) is 4.72 Å². The Hall–Kier alpha value is -2.41. The number of hydrogen-bond acceptors (Lipinski definition) is 3. The van der Waals surface area contributed by atoms with Crippen LogP contribution in [0.25, 0.3) is 0 Å². The first-order valence-corrected chi connectivity index (χ1v) is 7.41. The number of rotatable bonds is 4. The lowest BCUT2D eigenvalue weighted by molar-refractivity contribution is 0.0693. The first-order chi connectivity index (χ1) is 9.81. The van der Waals surface area contributed by atoms with Crippen LogP contribution in [0.3, 0.4) is 0 Å². The van der Waals surface area contributed by atoms with Gasteiger partial charge in [-0.05, 0) is 31.2 Å². The highest BCUT2D eigenvalue weighted by atomic mass is 32.2. The second-order valence-corrected chi connectivity index (χ2v) is 6.07. The molecule has 0 aliphatic heterocycles. The van der Waals surface area contributed by atoms with E-state index in [2.05, 4.69) is 4.72 Å². The Labute approximate surface area is 121 Å². The molecule has 0 aliphatic rings. The number of anilines is 1. The molecule has 0 unspecified atom stereocenters. The summed E-state index contributed by atoms with van der Waals surface area (Å²) >= 11 is 0. The van der Waals surface area contributed by atoms with Crippen LogP contribution in [0.5, 0.6) is 0 Å². The molecular weight excluding hydrogens is 297 g/mol. The molecule has 0 saturated carbocycles. The van der Waals surface area contributed by atoms with Crippen LogP contribution in [0, 0.1) is 12.7 Å². The number of carboxylic acids is 1. The van der Waals surface area contributed by atoms with Gasteiger partial charge in [0, 0.05) is 0 Å². The molecule has 2 N–H and O–H groups in total. The quantitative estimate of drug-likeness (QED) is 0.909. The van der Waals surface area contributed by atoms with E-state index in [0.29, 0.717) is 0 Å². The Morgan fingerprint density at radius 2 is 1.76 bits per heavy atom. The van der Waals surface area contributed by atoms with E-state index in [9.17, 15) is 17.6 Å². The van der Waals surface area contributed by atoms with Crippen LogP contribution in [0.4, 0.5) is 10.1 Å². The number of carboxylic acid groups (broad SMARTS) is 1. The molecule has 110 valence electrons. The lowest BCUT2D eigenvalue weighted by atomic mass is 10.2. The molecule has 0 bridgehead atoms. The molecule has 0 aliphatic carbocycles. The van der Waals surface area contributed by atoms with Crippen LogP contribution >= 0.6 is 0 Å². The Kier molecular flexibility index (Phi) is 3.95. The molecule has 0 radical (unpaired) electrons. The van der Waals surface area contributed by atoms with Gasteiger partial charge >= 0.3 is 5.97 Å². The summed E-state index contributed by atoms with van der Waals surface area (Å²) in [4.78, 5) is 11.0. The Bertz CT molecular complexity index is 785. The van der Waals surface area contributed by atoms with Gasteiger partial charge in [-0.15, -0.1) is 0 Å². The van der Waals surface area contributed by atoms with Gasteiger partial charge in [0.25, 0.3) is 10.0 Å². The molecule has 21 heavy (non-hydrogen) atoms. The van der Waals surface area contributed by atoms with E-state index in [4.69, 9.17) is 5.11 Å². The molecule has 7 heteroatoms. The predicted molar refractivity (Wildman–Crippen MR) is 75.3 cm³/mol. The maximum atomic E-state index is 13.5. The van der Waals surface area contributed by atoms with Gasteiger partial charge in [-0.2, -0.15) is 0 Å². The third-order valence-corrected chi connectivity index (χ3v) is 4.18. The number of aromatic carboxylic acids is 1. The maximum absolute atomic E-state index is 13.5. The van der Waals surface area contributed by atoms with Crippen LogP contribution in [-0.2, 0) is 10.0 Å². The van der Waals surface area contributed by atoms with Crippen molar-refractivity contribution in [2.24, 2.45) is 0 Å². The number of carbonyl (C=O) groups is 1. The first kappa shape index (κ1) is 15.0. The molecule has 0 amide bonds. The Balaban J connectivity index is 2.44. The number of benzene rings is 2. The largest absolute Gasteiger partial charge is 0.478 e. The molecule has 0 aromatic heterocycles. The topological polar surface area (TPSA) is 83.5 Å². The van der Waals surface area contributed by atoms with Crippen LogP contribution in [0.1, 0.15) is 15.9 Å². The second kappa shape index (κ2) is 5.53. The highest BCUT2D eigenvalue weighted by Crippen LogP contribution is 2.22. The fourth-order valence-electron chi connectivity index (χ4n) is 1.75. The SMILES string of the molecule is Cc1ccc(S(=O)(=O)Nc2cccc(F)c2C(=O)O)cc1. The molecule has 0 fully saturated rings. The summed E-state index contributed by atoms with van der Waals surface area (Å²) in [6.45, 7) is 1.80. The molecular formula is C14H12FNO4S. The standard InChI is InChI=1S/C14H12FNO4S/c1-9-5-7-10(8-6-9)21(19,20)16-12-4-2-3-11(15)13(12)14(17)18/h2-8,16H,1H3,(H,17,18). The molecule has 2 rings (SSSR count). The monoisotopic (exact) mass is 309 g/mol. The Morgan fingerprint density at radius 3 is 2.33 bits per heavy atom. The average molecular weight is 309 g/mol. The summed E-state index contributed by atoms with van der Waals surface area (Å²) in [5, 5.41) is 8.98. The van der Waals surface area contributed by atoms with Crippen LogP contribution < -0.4 is 4.72 Å². The minimum absolute atomic E-state index is 0.0336. The second-order valence-electron chi connectivity index (χ2n) is 4.39. The lowest BCUT2D eigenvalue weighted by Crippen LogP contribution is -2.16. The number of nitrogens with one attached hydrogen (secondary N) is 1. The van der Waals surface area contributed by atoms with Gasteiger partial charge in [0.05, 0.1) is 10.6 Å². The van der Waals surface area contributed by atoms with Gasteiger partial charge in [0.1, 0.15) is 11.4 Å². The highest BCUT2D eigenvalue weighted by molar-refractivity contribution is 7.92. The summed E-state index contributed by atoms with van der Waals surface area (Å²) in [5.41, 5.74) is -0.151. The van der Waals surface area contributed by atoms with Crippen molar-refractivity contribution < 1.29 is 22.7 Å². The summed E-state index contributed by atoms with van der Waals surface area (Å²) in [5.74, 6) is -2.55. The number of sulfonamides is 1. The summed E-state index contributed by atoms with van der Waals surface area (Å²) in [6.07, 6.45) is 0. The molecule has 2 aromatic rings. The van der Waals surface area contributed by atoms with E-state index < -0.39 is 27.4 Å². The summed E-state index contributed by atoms with van der Waals surface area (Å²) in [7, 11) is -3.98. The predicted octanol–water partition coefficient (Wildman–Crippen LogP) is 2.63. The van der Waals surface area contributed by atoms with Crippen molar-refractivity contribution in [1.82, 2.24) is 0 Å². The summed E-state index contributed by atoms with van der Waals surface area (Å²) in [6, 6.07) is 9.37. The molecule has 5 nitrogen and oxygen atoms in total. The average Bonchev–Trinajstić information content (AvgIpc) is 2.38. The zero-order valence-electron chi connectivity index (χ0n) is 11.0. The fourth-order valence-corrected chi connectivity index (χ4v) is 2.82. The highest BCUT2D eigenvalue weighted by Gasteiger charge is 2.21. The van der Waals surface area contributed by atoms with Gasteiger partial charge < -0.3 is 5.11 Å². The first-order valence-electron chi connectivity index (χ1n) is 5.92. The molecule has 0 saturated heterocycles. The van der Waals surface area contributed by atoms with Gasteiger partial charge in [-0.1, -0.05) is 23.8 Å². The van der Waals surface area contributed by atoms with Crippen molar-refractivity contribution in [2.45, 2.75) is 11.8 Å². The van der Waals surface area contributed by atoms with Crippen molar-refractivity contribution in [3.8, 4) is 0 Å². The normalized spacial score (nSPS) is 11.1. The zero-order valence-corrected chi connectivity index (χ0v) is 11.8. The van der Waals surface area contributed by atoms with Crippen molar-refractivity contribution in [3.63, 3.8) is 0 Å². The van der Waals surface area contributed by atoms with Crippen molar-refractivity contribution in [3.05, 3.63) is 59.4 Å². The van der Waals surface area contributed by atoms with Crippen molar-refractivity contribution >= 4 is 21.7 Å². The van der Waals surface area contributed by atoms with Gasteiger partial charge in [0.2, 0.25) is 0 Å². The third-order valence-electron chi connectivity index (χ3n) is 2.80. The van der Waals surface area contributed by atoms with E-state index in [0.717, 1.165) is 11.6 Å². The van der Waals surface area contributed by atoms with Crippen LogP contribution in [-0.4, -0.2) is 19.5 Å². The van der Waals surface area contributed by atoms with E-state index in [1.807, 2.05) is 0 Å². The number of halogens is 1. The van der Waals surface area contributed by atoms with Gasteiger partial charge in [0.15, 0.2) is 0 Å². The van der Waals surface area contributed by atoms with Crippen molar-refractivity contribution in [1.29, 1.82) is 0 Å². The minimum atomic E-state index is -3.98. The molecule has 0 atom stereocenters. The van der Waals surface area contributed by atoms with Crippen LogP contribution in [0.15, 0.2) is 47.4 Å². The zero-order chi connectivity index (χ0) is 15.6. The van der Waals surface area contributed by atoms with E-state index in [1.165, 1.54) is 24.3 Å². The number of aryl methyl sites for hydroxylation is 1. The third kappa shape index (κ3) is 3.19. The Morgan fingerprint density at radius 1 is 1.14 bits per heavy atom. The van der Waals surface area contributed by atoms with E-state index >= 15 is 0 Å². The minimum Gasteiger partial charge on any atom is -0.478 e. The number of hydrogen-bond donors (Lipinski definition) is 2. The summed E-state index contributed by atoms with van der Waals surface area (Å²) < 4.78 is 40.0. The van der Waals surface area contributed by atoms with Crippen LogP contribution in [0.2, 0.25) is 0 Å². The lowest BCUT2D eigenvalue weighted by Gasteiger charge is -2.11. The molecule has 2 aromatic carbocycles. The smallest absolute Gasteiger partial charge is 0.340 e. The molecule has 0 heterocycles. The molecule has 0 spiro atoms. The maximum Gasteiger partial charge on any atom is 0.340 e. The van der Waals surface area contributed by atoms with E-state index in [1.54, 1.807) is 19.1 Å². The van der Waals surface area contributed by atoms with Gasteiger partial charge in [-0.25, -0.2) is 17.6 Å². The van der Waals surface area contributed by atoms with E-state index in [-0.39, 0.29) is 10.6 Å². The fraction of sp³-hybridized carbons (Fsp3) is 0.0714. The van der Waals surface area contributed by atoms with Gasteiger partial charge in [-0.3, -0.25) is 4.72 Å².